The number of aromatic carboxylic acids is 2. The van der Waals surface area contributed by atoms with E-state index in [-0.39, 0.29) is 21.6 Å². The van der Waals surface area contributed by atoms with Crippen LogP contribution in [0.25, 0.3) is 46.1 Å². The van der Waals surface area contributed by atoms with E-state index in [0.29, 0.717) is 43.5 Å². The molecule has 0 amide bonds. The molecule has 0 saturated heterocycles. The summed E-state index contributed by atoms with van der Waals surface area (Å²) < 4.78 is 2.53. The highest BCUT2D eigenvalue weighted by atomic mass is 16.4. The molecule has 244 valence electrons. The van der Waals surface area contributed by atoms with Crippen molar-refractivity contribution < 1.29 is 19.8 Å². The Bertz CT molecular complexity index is 3050. The van der Waals surface area contributed by atoms with Gasteiger partial charge in [0.25, 0.3) is 11.1 Å². The molecule has 0 bridgehead atoms. The maximum absolute atomic E-state index is 14.0. The van der Waals surface area contributed by atoms with Gasteiger partial charge in [0.05, 0.1) is 65.0 Å². The number of carboxylic acids is 2. The second-order valence-electron chi connectivity index (χ2n) is 11.8. The van der Waals surface area contributed by atoms with E-state index < -0.39 is 23.1 Å². The van der Waals surface area contributed by atoms with Gasteiger partial charge >= 0.3 is 11.9 Å². The van der Waals surface area contributed by atoms with E-state index >= 15 is 0 Å². The summed E-state index contributed by atoms with van der Waals surface area (Å²) in [7, 11) is 0. The Hall–Kier alpha value is -7.34. The molecule has 0 radical (unpaired) electrons. The summed E-state index contributed by atoms with van der Waals surface area (Å²) in [5, 5.41) is 31.6. The molecule has 0 unspecified atom stereocenters. The molecule has 4 heterocycles. The summed E-state index contributed by atoms with van der Waals surface area (Å²) in [5.41, 5.74) is -0.0848. The first-order valence-electron chi connectivity index (χ1n) is 15.4. The van der Waals surface area contributed by atoms with Crippen LogP contribution in [-0.2, 0) is 0 Å². The van der Waals surface area contributed by atoms with E-state index in [0.717, 1.165) is 21.5 Å². The predicted octanol–water partition coefficient (Wildman–Crippen LogP) is 3.69. The summed E-state index contributed by atoms with van der Waals surface area (Å²) in [6, 6.07) is 27.2. The molecule has 0 aliphatic carbocycles. The first-order valence-corrected chi connectivity index (χ1v) is 15.4. The lowest BCUT2D eigenvalue weighted by molar-refractivity contribution is 0.0686. The number of benzene rings is 4. The van der Waals surface area contributed by atoms with Crippen molar-refractivity contribution in [2.24, 2.45) is 0 Å². The van der Waals surface area contributed by atoms with Crippen LogP contribution < -0.4 is 21.8 Å². The molecule has 0 atom stereocenters. The minimum Gasteiger partial charge on any atom is -0.478 e. The van der Waals surface area contributed by atoms with E-state index in [1.54, 1.807) is 24.3 Å². The standard InChI is InChI=1S/C38H26N6O6/c1-19-29(35(45)43(41-19)23-11-7-9-21(17-23)37(47)48)31-25-13-3-5-15-27(25)33(39-31)34-28-16-6-4-14-26(28)32(40-34)30-20(2)42-44(36(30)46)24-12-8-10-22(18-24)38(49)50/h3-18,39-42H,1-2H2,(H,47,48)(H,49,50). The fraction of sp³-hybridized carbons (Fsp3) is 0. The van der Waals surface area contributed by atoms with Crippen LogP contribution in [0.5, 0.6) is 0 Å². The maximum Gasteiger partial charge on any atom is 0.335 e. The lowest BCUT2D eigenvalue weighted by Crippen LogP contribution is -2.15. The third-order valence-corrected chi connectivity index (χ3v) is 8.82. The summed E-state index contributed by atoms with van der Waals surface area (Å²) in [4.78, 5) is 58.1. The van der Waals surface area contributed by atoms with Gasteiger partial charge in [-0.2, -0.15) is 0 Å². The Morgan fingerprint density at radius 1 is 0.520 bits per heavy atom. The number of nitrogens with one attached hydrogen (secondary N) is 4. The number of carboxylic acid groups (broad SMARTS) is 2. The van der Waals surface area contributed by atoms with Gasteiger partial charge in [0.15, 0.2) is 0 Å². The Labute approximate surface area is 278 Å². The van der Waals surface area contributed by atoms with Gasteiger partial charge in [0.1, 0.15) is 0 Å². The number of aromatic amines is 4. The van der Waals surface area contributed by atoms with Gasteiger partial charge in [0, 0.05) is 21.5 Å². The number of rotatable bonds is 4. The first kappa shape index (κ1) is 30.0. The van der Waals surface area contributed by atoms with Crippen LogP contribution >= 0.6 is 0 Å². The van der Waals surface area contributed by atoms with Gasteiger partial charge in [-0.3, -0.25) is 19.8 Å². The average Bonchev–Trinajstić information content (AvgIpc) is 3.84. The van der Waals surface area contributed by atoms with E-state index in [1.165, 1.54) is 33.6 Å². The molecular weight excluding hydrogens is 636 g/mol. The highest BCUT2D eigenvalue weighted by Gasteiger charge is 2.14. The molecule has 8 rings (SSSR count). The number of hydrogen-bond acceptors (Lipinski definition) is 4. The van der Waals surface area contributed by atoms with Gasteiger partial charge in [-0.1, -0.05) is 73.8 Å². The zero-order valence-electron chi connectivity index (χ0n) is 26.1. The Kier molecular flexibility index (Phi) is 6.68. The molecule has 0 aliphatic rings. The second kappa shape index (κ2) is 11.1. The molecule has 50 heavy (non-hydrogen) atoms. The Morgan fingerprint density at radius 3 is 1.24 bits per heavy atom. The number of nitrogens with zero attached hydrogens (tertiary/aromatic N) is 2. The van der Waals surface area contributed by atoms with Crippen molar-refractivity contribution in [3.63, 3.8) is 0 Å². The molecule has 4 aromatic heterocycles. The maximum atomic E-state index is 14.0. The average molecular weight is 663 g/mol. The van der Waals surface area contributed by atoms with E-state index in [9.17, 15) is 29.4 Å². The van der Waals surface area contributed by atoms with E-state index in [1.807, 2.05) is 48.5 Å². The number of aromatic nitrogens is 6. The first-order chi connectivity index (χ1) is 24.1. The molecule has 12 nitrogen and oxygen atoms in total. The second-order valence-corrected chi connectivity index (χ2v) is 11.8. The molecule has 6 N–H and O–H groups in total. The fourth-order valence-electron chi connectivity index (χ4n) is 6.55. The summed E-state index contributed by atoms with van der Waals surface area (Å²) in [6.45, 7) is 8.21. The lowest BCUT2D eigenvalue weighted by atomic mass is 10.1. The van der Waals surface area contributed by atoms with Gasteiger partial charge in [-0.25, -0.2) is 19.0 Å². The van der Waals surface area contributed by atoms with Crippen LogP contribution in [0.2, 0.25) is 0 Å². The smallest absolute Gasteiger partial charge is 0.335 e. The zero-order chi connectivity index (χ0) is 34.8. The number of carbonyl (C=O) groups is 2. The van der Waals surface area contributed by atoms with Crippen molar-refractivity contribution in [1.82, 2.24) is 29.5 Å². The van der Waals surface area contributed by atoms with Gasteiger partial charge in [-0.05, 0) is 36.4 Å². The topological polar surface area (TPSA) is 182 Å². The Balaban J connectivity index is 1.51. The van der Waals surface area contributed by atoms with Crippen LogP contribution in [-0.4, -0.2) is 51.7 Å². The number of fused-ring (bicyclic) bond motifs is 2. The fourth-order valence-corrected chi connectivity index (χ4v) is 6.55. The summed E-state index contributed by atoms with van der Waals surface area (Å²) in [6.07, 6.45) is 0. The molecule has 0 aliphatic heterocycles. The van der Waals surface area contributed by atoms with E-state index in [4.69, 9.17) is 0 Å². The predicted molar refractivity (Wildman–Crippen MR) is 187 cm³/mol. The van der Waals surface area contributed by atoms with E-state index in [2.05, 4.69) is 33.3 Å². The van der Waals surface area contributed by atoms with Crippen LogP contribution in [0.4, 0.5) is 0 Å². The highest BCUT2D eigenvalue weighted by Crippen LogP contribution is 2.22. The molecular formula is C38H26N6O6. The molecule has 4 aromatic carbocycles. The van der Waals surface area contributed by atoms with Crippen LogP contribution in [0.3, 0.4) is 0 Å². The molecule has 12 heteroatoms. The van der Waals surface area contributed by atoms with Gasteiger partial charge in [0.2, 0.25) is 0 Å². The van der Waals surface area contributed by atoms with Crippen molar-refractivity contribution in [3.05, 3.63) is 171 Å². The highest BCUT2D eigenvalue weighted by molar-refractivity contribution is 5.89. The minimum atomic E-state index is -1.11. The van der Waals surface area contributed by atoms with Crippen LogP contribution in [0, 0.1) is 31.8 Å². The number of hydrogen-bond donors (Lipinski definition) is 6. The van der Waals surface area contributed by atoms with Crippen molar-refractivity contribution in [1.29, 1.82) is 0 Å². The van der Waals surface area contributed by atoms with Crippen molar-refractivity contribution in [2.45, 2.75) is 0 Å². The third kappa shape index (κ3) is 4.54. The quantitative estimate of drug-likeness (QED) is 0.167. The SMILES string of the molecule is C=c1[nH]n(-c2cccc(C(=O)O)c2)c(=O)c1=c1[nH]c(=c2[nH]c(=c3c(=C)[nH]n(-c4cccc(C(=O)O)c4)c3=O)c3ccccc23)c2ccccc12. The zero-order valence-corrected chi connectivity index (χ0v) is 26.1. The monoisotopic (exact) mass is 662 g/mol. The third-order valence-electron chi connectivity index (χ3n) is 8.82. The molecule has 8 aromatic rings. The van der Waals surface area contributed by atoms with Crippen molar-refractivity contribution in [3.8, 4) is 11.4 Å². The van der Waals surface area contributed by atoms with Crippen LogP contribution in [0.15, 0.2) is 107 Å². The molecule has 0 spiro atoms. The summed E-state index contributed by atoms with van der Waals surface area (Å²) in [5.74, 6) is -2.23. The largest absolute Gasteiger partial charge is 0.478 e. The van der Waals surface area contributed by atoms with Crippen molar-refractivity contribution in [2.75, 3.05) is 0 Å². The Morgan fingerprint density at radius 2 is 0.880 bits per heavy atom. The number of H-pyrrole nitrogens is 4. The molecule has 0 fully saturated rings. The summed E-state index contributed by atoms with van der Waals surface area (Å²) >= 11 is 0. The molecule has 0 saturated carbocycles. The van der Waals surface area contributed by atoms with Gasteiger partial charge in [-0.15, -0.1) is 0 Å². The van der Waals surface area contributed by atoms with Crippen molar-refractivity contribution >= 4 is 46.6 Å². The van der Waals surface area contributed by atoms with Gasteiger partial charge < -0.3 is 20.2 Å². The minimum absolute atomic E-state index is 0.0339. The van der Waals surface area contributed by atoms with Crippen LogP contribution in [0.1, 0.15) is 20.7 Å². The normalized spacial score (nSPS) is 13.6. The lowest BCUT2D eigenvalue weighted by Gasteiger charge is -2.02.